The van der Waals surface area contributed by atoms with Gasteiger partial charge in [0.2, 0.25) is 5.91 Å². The molecule has 0 radical (unpaired) electrons. The molecule has 26 heavy (non-hydrogen) atoms. The first-order valence-corrected chi connectivity index (χ1v) is 10.6. The van der Waals surface area contributed by atoms with Gasteiger partial charge in [0.15, 0.2) is 0 Å². The lowest BCUT2D eigenvalue weighted by atomic mass is 9.40. The van der Waals surface area contributed by atoms with Gasteiger partial charge in [-0.25, -0.2) is 0 Å². The first kappa shape index (κ1) is 18.7. The van der Waals surface area contributed by atoms with Crippen LogP contribution in [0.2, 0.25) is 0 Å². The van der Waals surface area contributed by atoms with Gasteiger partial charge in [-0.1, -0.05) is 13.8 Å². The molecule has 5 heteroatoms. The van der Waals surface area contributed by atoms with Gasteiger partial charge in [-0.05, 0) is 55.3 Å². The van der Waals surface area contributed by atoms with Crippen LogP contribution >= 0.6 is 0 Å². The number of carbonyl (C=O) groups is 1. The van der Waals surface area contributed by atoms with E-state index in [0.29, 0.717) is 30.0 Å². The summed E-state index contributed by atoms with van der Waals surface area (Å²) in [4.78, 5) is 18.1. The maximum absolute atomic E-state index is 13.6. The molecule has 0 unspecified atom stereocenters. The maximum Gasteiger partial charge on any atom is 0.228 e. The number of nitrogens with zero attached hydrogens (tertiary/aromatic N) is 2. The highest BCUT2D eigenvalue weighted by atomic mass is 16.5. The summed E-state index contributed by atoms with van der Waals surface area (Å²) in [7, 11) is 0. The zero-order valence-corrected chi connectivity index (χ0v) is 16.6. The zero-order chi connectivity index (χ0) is 18.4. The van der Waals surface area contributed by atoms with Crippen LogP contribution in [0.3, 0.4) is 0 Å². The van der Waals surface area contributed by atoms with Crippen molar-refractivity contribution in [2.24, 2.45) is 22.2 Å². The molecule has 0 spiro atoms. The van der Waals surface area contributed by atoms with Crippen LogP contribution in [-0.4, -0.2) is 73.4 Å². The number of hydrogen-bond donors (Lipinski definition) is 1. The number of amides is 1. The minimum atomic E-state index is -0.0602. The van der Waals surface area contributed by atoms with Crippen molar-refractivity contribution in [1.29, 1.82) is 0 Å². The lowest BCUT2D eigenvalue weighted by Crippen LogP contribution is -2.62. The Morgan fingerprint density at radius 1 is 1.00 bits per heavy atom. The van der Waals surface area contributed by atoms with E-state index in [2.05, 4.69) is 23.6 Å². The van der Waals surface area contributed by atoms with E-state index in [9.17, 15) is 4.79 Å². The number of rotatable bonds is 6. The molecule has 148 valence electrons. The summed E-state index contributed by atoms with van der Waals surface area (Å²) in [5, 5.41) is 8.77. The summed E-state index contributed by atoms with van der Waals surface area (Å²) in [6.07, 6.45) is 7.41. The lowest BCUT2D eigenvalue weighted by molar-refractivity contribution is -0.180. The molecule has 4 bridgehead atoms. The summed E-state index contributed by atoms with van der Waals surface area (Å²) in [5.41, 5.74) is 0.737. The van der Waals surface area contributed by atoms with E-state index in [1.165, 1.54) is 19.3 Å². The summed E-state index contributed by atoms with van der Waals surface area (Å²) in [5.74, 6) is 1.24. The summed E-state index contributed by atoms with van der Waals surface area (Å²) in [6.45, 7) is 10.6. The van der Waals surface area contributed by atoms with Crippen LogP contribution in [0.5, 0.6) is 0 Å². The van der Waals surface area contributed by atoms with Crippen molar-refractivity contribution in [3.8, 4) is 0 Å². The quantitative estimate of drug-likeness (QED) is 0.734. The Bertz CT molecular complexity index is 525. The van der Waals surface area contributed by atoms with E-state index < -0.39 is 0 Å². The fourth-order valence-electron chi connectivity index (χ4n) is 7.56. The largest absolute Gasteiger partial charge is 0.394 e. The average Bonchev–Trinajstić information content (AvgIpc) is 2.55. The Labute approximate surface area is 158 Å². The number of ether oxygens (including phenoxy) is 1. The first-order chi connectivity index (χ1) is 12.4. The Morgan fingerprint density at radius 3 is 2.23 bits per heavy atom. The molecular weight excluding hydrogens is 328 g/mol. The Morgan fingerprint density at radius 2 is 1.65 bits per heavy atom. The molecule has 5 rings (SSSR count). The fourth-order valence-corrected chi connectivity index (χ4v) is 7.56. The number of hydrogen-bond acceptors (Lipinski definition) is 4. The molecule has 0 aromatic rings. The molecule has 4 aliphatic carbocycles. The van der Waals surface area contributed by atoms with Crippen LogP contribution in [0.15, 0.2) is 0 Å². The van der Waals surface area contributed by atoms with Gasteiger partial charge < -0.3 is 14.7 Å². The number of carbonyl (C=O) groups excluding carboxylic acids is 1. The maximum atomic E-state index is 13.6. The van der Waals surface area contributed by atoms with Gasteiger partial charge >= 0.3 is 0 Å². The van der Waals surface area contributed by atoms with Gasteiger partial charge in [-0.3, -0.25) is 9.69 Å². The molecule has 0 aromatic carbocycles. The molecule has 0 aromatic heterocycles. The zero-order valence-electron chi connectivity index (χ0n) is 16.6. The van der Waals surface area contributed by atoms with Gasteiger partial charge in [0, 0.05) is 32.7 Å². The Kier molecular flexibility index (Phi) is 4.85. The van der Waals surface area contributed by atoms with Gasteiger partial charge in [0.1, 0.15) is 0 Å². The van der Waals surface area contributed by atoms with Crippen molar-refractivity contribution in [3.63, 3.8) is 0 Å². The lowest BCUT2D eigenvalue weighted by Gasteiger charge is -2.65. The second-order valence-corrected chi connectivity index (χ2v) is 10.4. The third kappa shape index (κ3) is 3.43. The van der Waals surface area contributed by atoms with Crippen molar-refractivity contribution in [2.45, 2.75) is 52.4 Å². The number of piperazine rings is 1. The van der Waals surface area contributed by atoms with E-state index >= 15 is 0 Å². The van der Waals surface area contributed by atoms with Gasteiger partial charge in [-0.2, -0.15) is 0 Å². The highest BCUT2D eigenvalue weighted by molar-refractivity contribution is 5.83. The van der Waals surface area contributed by atoms with E-state index in [1.54, 1.807) is 0 Å². The molecule has 1 N–H and O–H groups in total. The summed E-state index contributed by atoms with van der Waals surface area (Å²) in [6, 6.07) is 0. The first-order valence-electron chi connectivity index (χ1n) is 10.6. The summed E-state index contributed by atoms with van der Waals surface area (Å²) >= 11 is 0. The number of aliphatic hydroxyl groups excluding tert-OH is 1. The molecule has 5 fully saturated rings. The second-order valence-electron chi connectivity index (χ2n) is 10.4. The molecule has 1 amide bonds. The van der Waals surface area contributed by atoms with Gasteiger partial charge in [-0.15, -0.1) is 0 Å². The van der Waals surface area contributed by atoms with Crippen LogP contribution < -0.4 is 0 Å². The van der Waals surface area contributed by atoms with Crippen LogP contribution in [0.1, 0.15) is 52.4 Å². The molecule has 2 atom stereocenters. The predicted octanol–water partition coefficient (Wildman–Crippen LogP) is 2.14. The van der Waals surface area contributed by atoms with Gasteiger partial charge in [0.05, 0.1) is 25.2 Å². The van der Waals surface area contributed by atoms with E-state index in [0.717, 1.165) is 57.9 Å². The van der Waals surface area contributed by atoms with Crippen molar-refractivity contribution in [3.05, 3.63) is 0 Å². The summed E-state index contributed by atoms with van der Waals surface area (Å²) < 4.78 is 5.37. The normalized spacial score (nSPS) is 42.4. The van der Waals surface area contributed by atoms with Crippen molar-refractivity contribution < 1.29 is 14.6 Å². The molecule has 5 aliphatic rings. The van der Waals surface area contributed by atoms with Crippen LogP contribution in [0.4, 0.5) is 0 Å². The van der Waals surface area contributed by atoms with Crippen LogP contribution in [0, 0.1) is 22.2 Å². The monoisotopic (exact) mass is 364 g/mol. The molecule has 1 heterocycles. The smallest absolute Gasteiger partial charge is 0.228 e. The molecule has 4 saturated carbocycles. The van der Waals surface area contributed by atoms with E-state index in [1.807, 2.05) is 0 Å². The van der Waals surface area contributed by atoms with E-state index in [-0.39, 0.29) is 12.0 Å². The van der Waals surface area contributed by atoms with Crippen molar-refractivity contribution in [2.75, 3.05) is 52.5 Å². The van der Waals surface area contributed by atoms with Gasteiger partial charge in [0.25, 0.3) is 0 Å². The predicted molar refractivity (Wildman–Crippen MR) is 101 cm³/mol. The van der Waals surface area contributed by atoms with Crippen LogP contribution in [0.25, 0.3) is 0 Å². The molecular formula is C21H36N2O3. The highest BCUT2D eigenvalue weighted by Gasteiger charge is 2.63. The standard InChI is InChI=1S/C21H36N2O3/c1-19-11-17-12-20(2,14-19)16-21(13-17,15-19)18(25)23-5-3-22(4-6-23)7-9-26-10-8-24/h17,24H,3-16H2,1-2H3/t17?,19-,20-,21?/m1/s1. The minimum Gasteiger partial charge on any atom is -0.394 e. The molecule has 1 aliphatic heterocycles. The fraction of sp³-hybridized carbons (Fsp3) is 0.952. The second kappa shape index (κ2) is 6.75. The third-order valence-corrected chi connectivity index (χ3v) is 7.53. The Hall–Kier alpha value is -0.650. The minimum absolute atomic E-state index is 0.0602. The van der Waals surface area contributed by atoms with Crippen molar-refractivity contribution >= 4 is 5.91 Å². The number of aliphatic hydroxyl groups is 1. The van der Waals surface area contributed by atoms with Crippen molar-refractivity contribution in [1.82, 2.24) is 9.80 Å². The highest BCUT2D eigenvalue weighted by Crippen LogP contribution is 2.69. The van der Waals surface area contributed by atoms with E-state index in [4.69, 9.17) is 9.84 Å². The molecule has 1 saturated heterocycles. The molecule has 5 nitrogen and oxygen atoms in total. The third-order valence-electron chi connectivity index (χ3n) is 7.53. The Balaban J connectivity index is 1.35. The topological polar surface area (TPSA) is 53.0 Å². The average molecular weight is 365 g/mol. The van der Waals surface area contributed by atoms with Crippen LogP contribution in [-0.2, 0) is 9.53 Å². The SMILES string of the molecule is C[C@]12CC3CC(C(=O)N4CCN(CCOCCO)CC4)(C1)C[C@](C)(C3)C2.